The van der Waals surface area contributed by atoms with E-state index >= 15 is 0 Å². The second-order valence-corrected chi connectivity index (χ2v) is 10.9. The standard InChI is InChI=1S/C31H30F3N7O.2ClH/c1-42-28-13-12-25(41-30(31(32,33)34)36-37-38-41)15-24(28)18-39-19-26-14-21(16-35)17-40(26)27(20-39)29(22-8-4-2-5-9-22)23-10-6-3-7-11-23;;/h2-13,15,21,26-27,29H,14,17-20H2,1H3;2*1H/t21-,26+,27+;;/m1../s1. The average Bonchev–Trinajstić information content (AvgIpc) is 3.66. The minimum absolute atomic E-state index is 0. The zero-order chi connectivity index (χ0) is 29.3. The van der Waals surface area contributed by atoms with Gasteiger partial charge >= 0.3 is 6.18 Å². The summed E-state index contributed by atoms with van der Waals surface area (Å²) in [7, 11) is 1.55. The SMILES string of the molecule is COc1ccc(-n2nnnc2C(F)(F)F)cc1CN1C[C@@H]2C[C@H](C#N)CN2[C@H](C(c2ccccc2)c2ccccc2)C1.Cl.Cl. The number of halogens is 5. The van der Waals surface area contributed by atoms with Crippen LogP contribution in [0, 0.1) is 17.2 Å². The number of methoxy groups -OCH3 is 1. The lowest BCUT2D eigenvalue weighted by atomic mass is 9.82. The van der Waals surface area contributed by atoms with Gasteiger partial charge < -0.3 is 4.74 Å². The lowest BCUT2D eigenvalue weighted by Crippen LogP contribution is -2.57. The Labute approximate surface area is 266 Å². The van der Waals surface area contributed by atoms with E-state index in [9.17, 15) is 18.4 Å². The third-order valence-electron chi connectivity index (χ3n) is 8.31. The van der Waals surface area contributed by atoms with Crippen molar-refractivity contribution >= 4 is 24.8 Å². The van der Waals surface area contributed by atoms with Crippen molar-refractivity contribution in [3.05, 3.63) is 101 Å². The molecule has 0 bridgehead atoms. The third-order valence-corrected chi connectivity index (χ3v) is 8.31. The third kappa shape index (κ3) is 6.69. The van der Waals surface area contributed by atoms with Crippen LogP contribution in [0.1, 0.15) is 34.9 Å². The first kappa shape index (κ1) is 33.2. The second kappa shape index (κ2) is 13.9. The van der Waals surface area contributed by atoms with Gasteiger partial charge in [0.1, 0.15) is 5.75 Å². The summed E-state index contributed by atoms with van der Waals surface area (Å²) in [6.07, 6.45) is -3.92. The number of rotatable bonds is 7. The van der Waals surface area contributed by atoms with E-state index in [-0.39, 0.29) is 54.4 Å². The molecule has 0 spiro atoms. The summed E-state index contributed by atoms with van der Waals surface area (Å²) in [5.41, 5.74) is 3.34. The van der Waals surface area contributed by atoms with E-state index in [1.807, 2.05) is 12.1 Å². The topological polar surface area (TPSA) is 83.1 Å². The van der Waals surface area contributed by atoms with Gasteiger partial charge in [-0.3, -0.25) is 9.80 Å². The molecule has 4 aromatic rings. The van der Waals surface area contributed by atoms with Crippen LogP contribution in [0.3, 0.4) is 0 Å². The first-order chi connectivity index (χ1) is 20.4. The first-order valence-electron chi connectivity index (χ1n) is 13.9. The number of alkyl halides is 3. The van der Waals surface area contributed by atoms with Crippen LogP contribution in [0.15, 0.2) is 78.9 Å². The predicted octanol–water partition coefficient (Wildman–Crippen LogP) is 5.76. The smallest absolute Gasteiger partial charge is 0.453 e. The highest BCUT2D eigenvalue weighted by atomic mass is 35.5. The van der Waals surface area contributed by atoms with Crippen molar-refractivity contribution in [3.8, 4) is 17.5 Å². The quantitative estimate of drug-likeness (QED) is 0.253. The Morgan fingerprint density at radius 1 is 0.955 bits per heavy atom. The molecule has 3 aromatic carbocycles. The molecule has 2 fully saturated rings. The summed E-state index contributed by atoms with van der Waals surface area (Å²) in [5, 5.41) is 19.9. The first-order valence-corrected chi connectivity index (χ1v) is 13.9. The number of ether oxygens (including phenoxy) is 1. The van der Waals surface area contributed by atoms with E-state index in [4.69, 9.17) is 4.74 Å². The number of nitriles is 1. The van der Waals surface area contributed by atoms with Gasteiger partial charge in [-0.1, -0.05) is 60.7 Å². The highest BCUT2D eigenvalue weighted by molar-refractivity contribution is 5.85. The average molecular weight is 647 g/mol. The Kier molecular flexibility index (Phi) is 10.5. The van der Waals surface area contributed by atoms with Gasteiger partial charge in [-0.15, -0.1) is 29.9 Å². The molecular weight excluding hydrogens is 614 g/mol. The molecule has 13 heteroatoms. The van der Waals surface area contributed by atoms with Crippen LogP contribution in [0.25, 0.3) is 5.69 Å². The van der Waals surface area contributed by atoms with Gasteiger partial charge in [0.05, 0.1) is 24.8 Å². The van der Waals surface area contributed by atoms with E-state index < -0.39 is 12.0 Å². The molecule has 0 N–H and O–H groups in total. The van der Waals surface area contributed by atoms with Crippen LogP contribution in [0.2, 0.25) is 0 Å². The molecule has 8 nitrogen and oxygen atoms in total. The maximum atomic E-state index is 13.5. The molecule has 1 aromatic heterocycles. The van der Waals surface area contributed by atoms with Crippen LogP contribution >= 0.6 is 24.8 Å². The fraction of sp³-hybridized carbons (Fsp3) is 0.355. The Bertz CT molecular complexity index is 1530. The number of tetrazole rings is 1. The summed E-state index contributed by atoms with van der Waals surface area (Å²) < 4.78 is 47.0. The molecule has 232 valence electrons. The van der Waals surface area contributed by atoms with E-state index in [0.717, 1.165) is 18.5 Å². The number of hydrogen-bond donors (Lipinski definition) is 0. The summed E-state index contributed by atoms with van der Waals surface area (Å²) in [4.78, 5) is 4.83. The summed E-state index contributed by atoms with van der Waals surface area (Å²) in [5.74, 6) is -0.597. The Balaban J connectivity index is 0.00000221. The normalized spacial score (nSPS) is 20.3. The highest BCUT2D eigenvalue weighted by Gasteiger charge is 2.45. The lowest BCUT2D eigenvalue weighted by molar-refractivity contribution is -0.146. The zero-order valence-corrected chi connectivity index (χ0v) is 25.5. The van der Waals surface area contributed by atoms with Crippen molar-refractivity contribution in [2.45, 2.75) is 37.1 Å². The number of aromatic nitrogens is 4. The molecule has 0 aliphatic carbocycles. The summed E-state index contributed by atoms with van der Waals surface area (Å²) >= 11 is 0. The highest BCUT2D eigenvalue weighted by Crippen LogP contribution is 2.40. The van der Waals surface area contributed by atoms with Gasteiger partial charge in [-0.05, 0) is 46.2 Å². The number of hydrogen-bond acceptors (Lipinski definition) is 7. The van der Waals surface area contributed by atoms with E-state index in [0.29, 0.717) is 30.1 Å². The van der Waals surface area contributed by atoms with E-state index in [1.165, 1.54) is 17.2 Å². The molecular formula is C31H32Cl2F3N7O. The molecule has 0 saturated carbocycles. The molecule has 2 saturated heterocycles. The Morgan fingerprint density at radius 2 is 1.61 bits per heavy atom. The van der Waals surface area contributed by atoms with Crippen molar-refractivity contribution < 1.29 is 17.9 Å². The van der Waals surface area contributed by atoms with Crippen molar-refractivity contribution in [1.82, 2.24) is 30.0 Å². The molecule has 44 heavy (non-hydrogen) atoms. The van der Waals surface area contributed by atoms with E-state index in [2.05, 4.69) is 79.9 Å². The maximum Gasteiger partial charge on any atom is 0.453 e. The van der Waals surface area contributed by atoms with E-state index in [1.54, 1.807) is 19.2 Å². The number of fused-ring (bicyclic) bond motifs is 1. The van der Waals surface area contributed by atoms with Crippen molar-refractivity contribution in [2.24, 2.45) is 5.92 Å². The van der Waals surface area contributed by atoms with Gasteiger partial charge in [0.2, 0.25) is 0 Å². The molecule has 3 atom stereocenters. The van der Waals surface area contributed by atoms with Gasteiger partial charge in [-0.25, -0.2) is 0 Å². The second-order valence-electron chi connectivity index (χ2n) is 10.9. The van der Waals surface area contributed by atoms with Crippen LogP contribution in [-0.2, 0) is 12.7 Å². The zero-order valence-electron chi connectivity index (χ0n) is 23.8. The van der Waals surface area contributed by atoms with Crippen LogP contribution in [0.4, 0.5) is 13.2 Å². The maximum absolute atomic E-state index is 13.5. The fourth-order valence-corrected chi connectivity index (χ4v) is 6.55. The number of benzene rings is 3. The molecule has 2 aliphatic rings. The van der Waals surface area contributed by atoms with Gasteiger partial charge in [0.25, 0.3) is 5.82 Å². The van der Waals surface area contributed by atoms with Gasteiger partial charge in [-0.2, -0.15) is 23.1 Å². The molecule has 3 heterocycles. The molecule has 6 rings (SSSR count). The Morgan fingerprint density at radius 3 is 2.20 bits per heavy atom. The van der Waals surface area contributed by atoms with Crippen LogP contribution < -0.4 is 4.74 Å². The predicted molar refractivity (Wildman–Crippen MR) is 163 cm³/mol. The minimum atomic E-state index is -4.70. The van der Waals surface area contributed by atoms with Crippen molar-refractivity contribution in [2.75, 3.05) is 26.7 Å². The Hall–Kier alpha value is -3.69. The minimum Gasteiger partial charge on any atom is -0.496 e. The summed E-state index contributed by atoms with van der Waals surface area (Å²) in [6, 6.07) is 28.4. The molecule has 0 unspecified atom stereocenters. The fourth-order valence-electron chi connectivity index (χ4n) is 6.55. The van der Waals surface area contributed by atoms with Gasteiger partial charge in [0.15, 0.2) is 0 Å². The largest absolute Gasteiger partial charge is 0.496 e. The lowest BCUT2D eigenvalue weighted by Gasteiger charge is -2.47. The summed E-state index contributed by atoms with van der Waals surface area (Å²) in [6.45, 7) is 2.61. The van der Waals surface area contributed by atoms with Crippen LogP contribution in [0.5, 0.6) is 5.75 Å². The monoisotopic (exact) mass is 645 g/mol. The number of piperazine rings is 1. The van der Waals surface area contributed by atoms with Gasteiger partial charge in [0, 0.05) is 49.7 Å². The van der Waals surface area contributed by atoms with Crippen molar-refractivity contribution in [3.63, 3.8) is 0 Å². The van der Waals surface area contributed by atoms with Crippen LogP contribution in [-0.4, -0.2) is 68.8 Å². The van der Waals surface area contributed by atoms with Crippen molar-refractivity contribution in [1.29, 1.82) is 5.26 Å². The molecule has 0 amide bonds. The molecule has 0 radical (unpaired) electrons. The molecule has 2 aliphatic heterocycles. The number of nitrogens with zero attached hydrogens (tertiary/aromatic N) is 7.